The number of hydrogen-bond donors (Lipinski definition) is 2. The predicted octanol–water partition coefficient (Wildman–Crippen LogP) is 2.42. The molecule has 1 aliphatic rings. The lowest BCUT2D eigenvalue weighted by Crippen LogP contribution is -2.42. The lowest BCUT2D eigenvalue weighted by molar-refractivity contribution is 0.0180. The van der Waals surface area contributed by atoms with Crippen molar-refractivity contribution in [3.05, 3.63) is 34.9 Å². The molecule has 6 heteroatoms. The van der Waals surface area contributed by atoms with Gasteiger partial charge in [-0.2, -0.15) is 0 Å². The summed E-state index contributed by atoms with van der Waals surface area (Å²) in [5.74, 6) is 0.506. The van der Waals surface area contributed by atoms with Gasteiger partial charge < -0.3 is 15.8 Å². The molecular formula is C17H27ClN4O. The van der Waals surface area contributed by atoms with Crippen LogP contribution in [0.15, 0.2) is 29.3 Å². The number of halogens is 1. The van der Waals surface area contributed by atoms with E-state index in [0.717, 1.165) is 37.7 Å². The van der Waals surface area contributed by atoms with E-state index in [1.54, 1.807) is 0 Å². The Kier molecular flexibility index (Phi) is 7.15. The number of hydrogen-bond acceptors (Lipinski definition) is 3. The van der Waals surface area contributed by atoms with E-state index < -0.39 is 0 Å². The van der Waals surface area contributed by atoms with E-state index in [0.29, 0.717) is 18.5 Å². The van der Waals surface area contributed by atoms with Gasteiger partial charge in [0.1, 0.15) is 0 Å². The maximum absolute atomic E-state index is 6.01. The minimum Gasteiger partial charge on any atom is -0.379 e. The first kappa shape index (κ1) is 18.0. The summed E-state index contributed by atoms with van der Waals surface area (Å²) in [7, 11) is 0. The van der Waals surface area contributed by atoms with Crippen molar-refractivity contribution in [3.8, 4) is 0 Å². The van der Waals surface area contributed by atoms with Gasteiger partial charge in [0.15, 0.2) is 5.96 Å². The van der Waals surface area contributed by atoms with E-state index in [2.05, 4.69) is 41.2 Å². The van der Waals surface area contributed by atoms with Crippen LogP contribution in [0.5, 0.6) is 0 Å². The van der Waals surface area contributed by atoms with E-state index in [-0.39, 0.29) is 6.04 Å². The summed E-state index contributed by atoms with van der Waals surface area (Å²) in [6.07, 6.45) is 1.01. The van der Waals surface area contributed by atoms with E-state index in [1.807, 2.05) is 12.1 Å². The number of aliphatic imine (C=N–C) groups is 1. The van der Waals surface area contributed by atoms with Gasteiger partial charge in [-0.15, -0.1) is 0 Å². The lowest BCUT2D eigenvalue weighted by atomic mass is 10.0. The van der Waals surface area contributed by atoms with Crippen molar-refractivity contribution in [2.75, 3.05) is 32.8 Å². The molecule has 0 saturated carbocycles. The smallest absolute Gasteiger partial charge is 0.188 e. The molecule has 1 heterocycles. The molecule has 1 saturated heterocycles. The Bertz CT molecular complexity index is 500. The molecule has 5 nitrogen and oxygen atoms in total. The molecule has 1 aromatic carbocycles. The lowest BCUT2D eigenvalue weighted by Gasteiger charge is -2.34. The van der Waals surface area contributed by atoms with Crippen molar-refractivity contribution in [1.82, 2.24) is 10.2 Å². The van der Waals surface area contributed by atoms with Crippen molar-refractivity contribution in [2.45, 2.75) is 32.4 Å². The van der Waals surface area contributed by atoms with Gasteiger partial charge in [0.25, 0.3) is 0 Å². The fourth-order valence-electron chi connectivity index (χ4n) is 2.59. The number of nitrogens with one attached hydrogen (secondary N) is 1. The van der Waals surface area contributed by atoms with Gasteiger partial charge in [-0.1, -0.05) is 30.7 Å². The summed E-state index contributed by atoms with van der Waals surface area (Å²) < 4.78 is 5.46. The molecule has 1 aromatic rings. The van der Waals surface area contributed by atoms with Gasteiger partial charge in [0.2, 0.25) is 0 Å². The summed E-state index contributed by atoms with van der Waals surface area (Å²) in [5.41, 5.74) is 7.21. The van der Waals surface area contributed by atoms with Crippen LogP contribution in [0.3, 0.4) is 0 Å². The molecule has 0 amide bonds. The molecule has 1 aliphatic heterocycles. The van der Waals surface area contributed by atoms with Gasteiger partial charge in [0.05, 0.1) is 25.8 Å². The quantitative estimate of drug-likeness (QED) is 0.617. The van der Waals surface area contributed by atoms with Crippen molar-refractivity contribution >= 4 is 17.6 Å². The highest BCUT2D eigenvalue weighted by molar-refractivity contribution is 6.30. The number of guanidine groups is 1. The fraction of sp³-hybridized carbons (Fsp3) is 0.588. The van der Waals surface area contributed by atoms with Gasteiger partial charge in [-0.3, -0.25) is 9.89 Å². The van der Waals surface area contributed by atoms with Gasteiger partial charge in [-0.25, -0.2) is 0 Å². The maximum Gasteiger partial charge on any atom is 0.188 e. The third-order valence-electron chi connectivity index (χ3n) is 4.18. The zero-order valence-corrected chi connectivity index (χ0v) is 14.7. The molecular weight excluding hydrogens is 312 g/mol. The molecule has 128 valence electrons. The van der Waals surface area contributed by atoms with Crippen molar-refractivity contribution < 1.29 is 4.74 Å². The van der Waals surface area contributed by atoms with Crippen LogP contribution in [0.1, 0.15) is 31.9 Å². The van der Waals surface area contributed by atoms with Crippen molar-refractivity contribution in [2.24, 2.45) is 10.7 Å². The second-order valence-corrected chi connectivity index (χ2v) is 6.33. The molecule has 2 unspecified atom stereocenters. The average molecular weight is 339 g/mol. The van der Waals surface area contributed by atoms with Gasteiger partial charge in [-0.05, 0) is 31.0 Å². The molecule has 2 rings (SSSR count). The minimum atomic E-state index is 0.188. The largest absolute Gasteiger partial charge is 0.379 e. The molecule has 3 N–H and O–H groups in total. The molecule has 23 heavy (non-hydrogen) atoms. The third-order valence-corrected chi connectivity index (χ3v) is 4.43. The van der Waals surface area contributed by atoms with Crippen LogP contribution in [-0.2, 0) is 4.74 Å². The monoisotopic (exact) mass is 338 g/mol. The van der Waals surface area contributed by atoms with Crippen LogP contribution < -0.4 is 11.1 Å². The Morgan fingerprint density at radius 3 is 2.61 bits per heavy atom. The minimum absolute atomic E-state index is 0.188. The SMILES string of the molecule is CCC(C)NC(N)=NCC(c1ccc(Cl)cc1)N1CCOCC1. The number of rotatable bonds is 6. The predicted molar refractivity (Wildman–Crippen MR) is 96.0 cm³/mol. The van der Waals surface area contributed by atoms with E-state index in [9.17, 15) is 0 Å². The van der Waals surface area contributed by atoms with Crippen LogP contribution in [0, 0.1) is 0 Å². The van der Waals surface area contributed by atoms with Crippen LogP contribution in [0.4, 0.5) is 0 Å². The van der Waals surface area contributed by atoms with E-state index >= 15 is 0 Å². The highest BCUT2D eigenvalue weighted by Crippen LogP contribution is 2.23. The van der Waals surface area contributed by atoms with Crippen LogP contribution in [0.25, 0.3) is 0 Å². The van der Waals surface area contributed by atoms with Crippen LogP contribution in [-0.4, -0.2) is 49.7 Å². The Hall–Kier alpha value is -1.30. The normalized spacial score (nSPS) is 19.3. The number of nitrogens with zero attached hydrogens (tertiary/aromatic N) is 2. The first-order valence-corrected chi connectivity index (χ1v) is 8.61. The third kappa shape index (κ3) is 5.68. The number of morpholine rings is 1. The maximum atomic E-state index is 6.01. The Labute approximate surface area is 143 Å². The molecule has 0 bridgehead atoms. The Morgan fingerprint density at radius 1 is 1.35 bits per heavy atom. The zero-order valence-electron chi connectivity index (χ0n) is 14.0. The van der Waals surface area contributed by atoms with Crippen LogP contribution >= 0.6 is 11.6 Å². The van der Waals surface area contributed by atoms with Crippen molar-refractivity contribution in [3.63, 3.8) is 0 Å². The first-order valence-electron chi connectivity index (χ1n) is 8.24. The zero-order chi connectivity index (χ0) is 16.7. The highest BCUT2D eigenvalue weighted by atomic mass is 35.5. The van der Waals surface area contributed by atoms with Crippen molar-refractivity contribution in [1.29, 1.82) is 0 Å². The summed E-state index contributed by atoms with van der Waals surface area (Å²) in [5, 5.41) is 3.96. The standard InChI is InChI=1S/C17H27ClN4O/c1-3-13(2)21-17(19)20-12-16(22-8-10-23-11-9-22)14-4-6-15(18)7-5-14/h4-7,13,16H,3,8-12H2,1-2H3,(H3,19,20,21). The Balaban J connectivity index is 2.09. The molecule has 0 spiro atoms. The molecule has 0 aliphatic carbocycles. The molecule has 2 atom stereocenters. The van der Waals surface area contributed by atoms with Crippen LogP contribution in [0.2, 0.25) is 5.02 Å². The number of benzene rings is 1. The number of ether oxygens (including phenoxy) is 1. The van der Waals surface area contributed by atoms with E-state index in [4.69, 9.17) is 22.1 Å². The second-order valence-electron chi connectivity index (χ2n) is 5.90. The second kappa shape index (κ2) is 9.11. The summed E-state index contributed by atoms with van der Waals surface area (Å²) >= 11 is 6.01. The fourth-order valence-corrected chi connectivity index (χ4v) is 2.72. The topological polar surface area (TPSA) is 62.9 Å². The van der Waals surface area contributed by atoms with E-state index in [1.165, 1.54) is 5.56 Å². The highest BCUT2D eigenvalue weighted by Gasteiger charge is 2.22. The average Bonchev–Trinajstić information content (AvgIpc) is 2.57. The summed E-state index contributed by atoms with van der Waals surface area (Å²) in [4.78, 5) is 6.95. The van der Waals surface area contributed by atoms with Gasteiger partial charge >= 0.3 is 0 Å². The molecule has 1 fully saturated rings. The van der Waals surface area contributed by atoms with Gasteiger partial charge in [0, 0.05) is 24.2 Å². The summed E-state index contributed by atoms with van der Waals surface area (Å²) in [6.45, 7) is 8.17. The molecule has 0 aromatic heterocycles. The Morgan fingerprint density at radius 2 is 2.00 bits per heavy atom. The molecule has 0 radical (unpaired) electrons. The first-order chi connectivity index (χ1) is 11.1. The number of nitrogens with two attached hydrogens (primary N) is 1. The summed E-state index contributed by atoms with van der Waals surface area (Å²) in [6, 6.07) is 8.50.